The molecule has 0 aliphatic rings. The maximum absolute atomic E-state index is 4.51. The van der Waals surface area contributed by atoms with Gasteiger partial charge in [-0.25, -0.2) is 4.98 Å². The average Bonchev–Trinajstić information content (AvgIpc) is 3.17. The van der Waals surface area contributed by atoms with Crippen LogP contribution in [0.5, 0.6) is 0 Å². The molecule has 4 heteroatoms. The minimum Gasteiger partial charge on any atom is -0.371 e. The first-order valence-corrected chi connectivity index (χ1v) is 8.02. The van der Waals surface area contributed by atoms with Gasteiger partial charge in [-0.05, 0) is 35.6 Å². The first-order valence-electron chi connectivity index (χ1n) is 7.14. The summed E-state index contributed by atoms with van der Waals surface area (Å²) in [6.45, 7) is 2.17. The largest absolute Gasteiger partial charge is 0.371 e. The smallest absolute Gasteiger partial charge is 0.136 e. The lowest BCUT2D eigenvalue weighted by atomic mass is 10.1. The highest BCUT2D eigenvalue weighted by atomic mass is 32.1. The molecule has 1 aromatic carbocycles. The topological polar surface area (TPSA) is 29.9 Å². The molecule has 3 rings (SSSR count). The van der Waals surface area contributed by atoms with Gasteiger partial charge in [0.25, 0.3) is 0 Å². The van der Waals surface area contributed by atoms with Crippen LogP contribution in [0, 0.1) is 0 Å². The summed E-state index contributed by atoms with van der Waals surface area (Å²) in [6.07, 6.45) is 4.89. The van der Waals surface area contributed by atoms with E-state index in [9.17, 15) is 0 Å². The van der Waals surface area contributed by atoms with Crippen LogP contribution in [0.25, 0.3) is 0 Å². The highest BCUT2D eigenvalue weighted by molar-refractivity contribution is 7.10. The number of nitrogens with one attached hydrogen (secondary N) is 1. The lowest BCUT2D eigenvalue weighted by Crippen LogP contribution is -2.15. The zero-order chi connectivity index (χ0) is 14.7. The van der Waals surface area contributed by atoms with Crippen molar-refractivity contribution in [2.45, 2.75) is 19.4 Å². The molecule has 0 radical (unpaired) electrons. The molecular weight excluding hydrogens is 278 g/mol. The fraction of sp³-hybridized carbons (Fsp3) is 0.235. The Morgan fingerprint density at radius 3 is 2.62 bits per heavy atom. The number of benzene rings is 1. The average molecular weight is 297 g/mol. The maximum Gasteiger partial charge on any atom is 0.136 e. The van der Waals surface area contributed by atoms with Crippen LogP contribution in [0.3, 0.4) is 0 Å². The summed E-state index contributed by atoms with van der Waals surface area (Å²) >= 11 is 1.75. The van der Waals surface area contributed by atoms with E-state index in [0.717, 1.165) is 17.9 Å². The first-order chi connectivity index (χ1) is 10.3. The molecule has 0 saturated heterocycles. The van der Waals surface area contributed by atoms with Crippen molar-refractivity contribution in [1.82, 2.24) is 9.55 Å². The Labute approximate surface area is 129 Å². The normalized spacial score (nSPS) is 12.3. The minimum atomic E-state index is 0.0810. The molecule has 0 spiro atoms. The van der Waals surface area contributed by atoms with E-state index >= 15 is 0 Å². The van der Waals surface area contributed by atoms with E-state index in [0.29, 0.717) is 0 Å². The quantitative estimate of drug-likeness (QED) is 0.763. The van der Waals surface area contributed by atoms with E-state index in [2.05, 4.69) is 63.6 Å². The Kier molecular flexibility index (Phi) is 4.06. The highest BCUT2D eigenvalue weighted by Crippen LogP contribution is 2.28. The third-order valence-electron chi connectivity index (χ3n) is 3.62. The molecule has 21 heavy (non-hydrogen) atoms. The van der Waals surface area contributed by atoms with Crippen LogP contribution >= 0.6 is 11.3 Å². The summed E-state index contributed by atoms with van der Waals surface area (Å²) in [5, 5.41) is 5.71. The Bertz CT molecular complexity index is 683. The number of anilines is 1. The van der Waals surface area contributed by atoms with E-state index in [1.807, 2.05) is 19.4 Å². The van der Waals surface area contributed by atoms with Gasteiger partial charge in [0.15, 0.2) is 0 Å². The van der Waals surface area contributed by atoms with Gasteiger partial charge in [0.05, 0.1) is 0 Å². The summed E-state index contributed by atoms with van der Waals surface area (Å²) in [4.78, 5) is 5.78. The van der Waals surface area contributed by atoms with Crippen LogP contribution in [0.1, 0.15) is 29.2 Å². The molecule has 1 unspecified atom stereocenters. The van der Waals surface area contributed by atoms with Crippen molar-refractivity contribution in [1.29, 1.82) is 0 Å². The van der Waals surface area contributed by atoms with Crippen molar-refractivity contribution in [3.05, 3.63) is 70.4 Å². The van der Waals surface area contributed by atoms with Crippen LogP contribution in [-0.4, -0.2) is 9.55 Å². The third kappa shape index (κ3) is 3.00. The number of hydrogen-bond acceptors (Lipinski definition) is 3. The zero-order valence-electron chi connectivity index (χ0n) is 12.3. The van der Waals surface area contributed by atoms with Crippen LogP contribution in [0.2, 0.25) is 0 Å². The molecule has 2 aromatic heterocycles. The zero-order valence-corrected chi connectivity index (χ0v) is 13.1. The molecule has 0 bridgehead atoms. The lowest BCUT2D eigenvalue weighted by molar-refractivity contribution is 0.756. The van der Waals surface area contributed by atoms with Gasteiger partial charge in [-0.15, -0.1) is 11.3 Å². The molecule has 108 valence electrons. The second-order valence-corrected chi connectivity index (χ2v) is 6.02. The predicted molar refractivity (Wildman–Crippen MR) is 88.8 cm³/mol. The fourth-order valence-electron chi connectivity index (χ4n) is 2.38. The summed E-state index contributed by atoms with van der Waals surface area (Å²) in [7, 11) is 2.03. The molecule has 0 aliphatic carbocycles. The van der Waals surface area contributed by atoms with Crippen LogP contribution in [0.4, 0.5) is 5.69 Å². The van der Waals surface area contributed by atoms with Gasteiger partial charge in [0.1, 0.15) is 11.9 Å². The number of imidazole rings is 1. The number of aryl methyl sites for hydroxylation is 2. The van der Waals surface area contributed by atoms with Crippen molar-refractivity contribution in [3.8, 4) is 0 Å². The van der Waals surface area contributed by atoms with Gasteiger partial charge in [-0.2, -0.15) is 0 Å². The number of hydrogen-bond donors (Lipinski definition) is 1. The van der Waals surface area contributed by atoms with E-state index in [4.69, 9.17) is 0 Å². The van der Waals surface area contributed by atoms with Gasteiger partial charge < -0.3 is 9.88 Å². The van der Waals surface area contributed by atoms with Crippen molar-refractivity contribution < 1.29 is 0 Å². The molecule has 0 aliphatic heterocycles. The van der Waals surface area contributed by atoms with E-state index in [1.54, 1.807) is 11.3 Å². The molecule has 0 fully saturated rings. The fourth-order valence-corrected chi connectivity index (χ4v) is 3.15. The summed E-state index contributed by atoms with van der Waals surface area (Å²) in [5.41, 5.74) is 2.47. The van der Waals surface area contributed by atoms with Gasteiger partial charge in [-0.3, -0.25) is 0 Å². The molecular formula is C17H19N3S. The van der Waals surface area contributed by atoms with Gasteiger partial charge >= 0.3 is 0 Å². The molecule has 3 nitrogen and oxygen atoms in total. The second-order valence-electron chi connectivity index (χ2n) is 5.04. The number of aromatic nitrogens is 2. The van der Waals surface area contributed by atoms with Crippen molar-refractivity contribution in [2.75, 3.05) is 5.32 Å². The van der Waals surface area contributed by atoms with Crippen molar-refractivity contribution in [3.63, 3.8) is 0 Å². The van der Waals surface area contributed by atoms with Crippen LogP contribution < -0.4 is 5.32 Å². The number of thiophene rings is 1. The monoisotopic (exact) mass is 297 g/mol. The Morgan fingerprint density at radius 2 is 2.05 bits per heavy atom. The number of nitrogens with zero attached hydrogens (tertiary/aromatic N) is 2. The van der Waals surface area contributed by atoms with Crippen LogP contribution in [0.15, 0.2) is 54.2 Å². The summed E-state index contributed by atoms with van der Waals surface area (Å²) in [5.74, 6) is 1.03. The van der Waals surface area contributed by atoms with Crippen molar-refractivity contribution >= 4 is 17.0 Å². The predicted octanol–water partition coefficient (Wildman–Crippen LogP) is 4.25. The molecule has 1 atom stereocenters. The Balaban J connectivity index is 1.91. The Morgan fingerprint density at radius 1 is 1.24 bits per heavy atom. The van der Waals surface area contributed by atoms with E-state index in [-0.39, 0.29) is 6.04 Å². The van der Waals surface area contributed by atoms with Crippen molar-refractivity contribution in [2.24, 2.45) is 7.05 Å². The standard InChI is InChI=1S/C17H19N3S/c1-3-13-6-8-14(9-7-13)19-16(15-5-4-12-21-15)17-18-10-11-20(17)2/h4-12,16,19H,3H2,1-2H3. The Hall–Kier alpha value is -2.07. The number of rotatable bonds is 5. The second kappa shape index (κ2) is 6.14. The SMILES string of the molecule is CCc1ccc(NC(c2cccs2)c2nccn2C)cc1. The maximum atomic E-state index is 4.51. The lowest BCUT2D eigenvalue weighted by Gasteiger charge is -2.19. The minimum absolute atomic E-state index is 0.0810. The third-order valence-corrected chi connectivity index (χ3v) is 4.55. The van der Waals surface area contributed by atoms with Gasteiger partial charge in [0, 0.05) is 30.0 Å². The molecule has 0 saturated carbocycles. The highest BCUT2D eigenvalue weighted by Gasteiger charge is 2.19. The van der Waals surface area contributed by atoms with E-state index < -0.39 is 0 Å². The van der Waals surface area contributed by atoms with Gasteiger partial charge in [0.2, 0.25) is 0 Å². The summed E-state index contributed by atoms with van der Waals surface area (Å²) < 4.78 is 2.07. The van der Waals surface area contributed by atoms with Gasteiger partial charge in [-0.1, -0.05) is 25.1 Å². The summed E-state index contributed by atoms with van der Waals surface area (Å²) in [6, 6.07) is 12.9. The van der Waals surface area contributed by atoms with E-state index in [1.165, 1.54) is 10.4 Å². The molecule has 1 N–H and O–H groups in total. The molecule has 2 heterocycles. The molecule has 3 aromatic rings. The molecule has 0 amide bonds. The van der Waals surface area contributed by atoms with Crippen LogP contribution in [-0.2, 0) is 13.5 Å². The first kappa shape index (κ1) is 13.9.